The molecule has 0 heterocycles. The normalized spacial score (nSPS) is 12.5. The number of carboxylic acids is 1. The van der Waals surface area contributed by atoms with Gasteiger partial charge in [0.05, 0.1) is 5.92 Å². The smallest absolute Gasteiger partial charge is 0.308 e. The standard InChI is InChI=1S/C13H18ClNO2/c1-9(2)15(8-10(3)13(16)17)12-6-4-11(14)5-7-12/h4-7,9-10H,8H2,1-3H3,(H,16,17). The summed E-state index contributed by atoms with van der Waals surface area (Å²) < 4.78 is 0. The lowest BCUT2D eigenvalue weighted by Gasteiger charge is -2.30. The van der Waals surface area contributed by atoms with Crippen molar-refractivity contribution in [1.29, 1.82) is 0 Å². The van der Waals surface area contributed by atoms with E-state index in [1.165, 1.54) is 0 Å². The van der Waals surface area contributed by atoms with E-state index >= 15 is 0 Å². The van der Waals surface area contributed by atoms with E-state index in [9.17, 15) is 4.79 Å². The van der Waals surface area contributed by atoms with Gasteiger partial charge < -0.3 is 10.0 Å². The molecular formula is C13H18ClNO2. The van der Waals surface area contributed by atoms with E-state index in [4.69, 9.17) is 16.7 Å². The van der Waals surface area contributed by atoms with Crippen LogP contribution in [0.5, 0.6) is 0 Å². The molecule has 0 aliphatic rings. The summed E-state index contributed by atoms with van der Waals surface area (Å²) in [5.74, 6) is -1.17. The van der Waals surface area contributed by atoms with E-state index in [1.54, 1.807) is 6.92 Å². The molecule has 1 aromatic rings. The summed E-state index contributed by atoms with van der Waals surface area (Å²) in [5, 5.41) is 9.64. The molecule has 94 valence electrons. The first-order valence-electron chi connectivity index (χ1n) is 5.67. The average Bonchev–Trinajstić information content (AvgIpc) is 2.26. The van der Waals surface area contributed by atoms with E-state index < -0.39 is 11.9 Å². The van der Waals surface area contributed by atoms with Gasteiger partial charge in [-0.25, -0.2) is 0 Å². The van der Waals surface area contributed by atoms with Crippen molar-refractivity contribution in [3.63, 3.8) is 0 Å². The highest BCUT2D eigenvalue weighted by Gasteiger charge is 2.18. The van der Waals surface area contributed by atoms with Crippen molar-refractivity contribution in [3.8, 4) is 0 Å². The maximum atomic E-state index is 10.9. The summed E-state index contributed by atoms with van der Waals surface area (Å²) >= 11 is 5.84. The second kappa shape index (κ2) is 5.92. The third kappa shape index (κ3) is 3.93. The zero-order valence-electron chi connectivity index (χ0n) is 10.4. The number of hydrogen-bond donors (Lipinski definition) is 1. The van der Waals surface area contributed by atoms with Gasteiger partial charge in [-0.2, -0.15) is 0 Å². The van der Waals surface area contributed by atoms with Crippen LogP contribution in [0, 0.1) is 5.92 Å². The number of hydrogen-bond acceptors (Lipinski definition) is 2. The number of carboxylic acid groups (broad SMARTS) is 1. The fraction of sp³-hybridized carbons (Fsp3) is 0.462. The molecule has 0 aliphatic carbocycles. The highest BCUT2D eigenvalue weighted by Crippen LogP contribution is 2.21. The summed E-state index contributed by atoms with van der Waals surface area (Å²) in [7, 11) is 0. The van der Waals surface area contributed by atoms with Gasteiger partial charge in [0.2, 0.25) is 0 Å². The van der Waals surface area contributed by atoms with Crippen LogP contribution in [-0.4, -0.2) is 23.7 Å². The Kier molecular flexibility index (Phi) is 4.82. The number of aliphatic carboxylic acids is 1. The number of nitrogens with zero attached hydrogens (tertiary/aromatic N) is 1. The van der Waals surface area contributed by atoms with Gasteiger partial charge >= 0.3 is 5.97 Å². The van der Waals surface area contributed by atoms with Gasteiger partial charge in [0, 0.05) is 23.3 Å². The van der Waals surface area contributed by atoms with Crippen molar-refractivity contribution < 1.29 is 9.90 Å². The van der Waals surface area contributed by atoms with Crippen molar-refractivity contribution in [2.24, 2.45) is 5.92 Å². The van der Waals surface area contributed by atoms with E-state index in [0.29, 0.717) is 11.6 Å². The first kappa shape index (κ1) is 13.8. The molecule has 1 unspecified atom stereocenters. The molecule has 0 aromatic heterocycles. The van der Waals surface area contributed by atoms with Crippen LogP contribution >= 0.6 is 11.6 Å². The van der Waals surface area contributed by atoms with Crippen molar-refractivity contribution >= 4 is 23.3 Å². The van der Waals surface area contributed by atoms with Gasteiger partial charge in [0.25, 0.3) is 0 Å². The number of rotatable bonds is 5. The molecule has 0 spiro atoms. The molecule has 1 aromatic carbocycles. The lowest BCUT2D eigenvalue weighted by Crippen LogP contribution is -2.36. The molecule has 0 saturated heterocycles. The quantitative estimate of drug-likeness (QED) is 0.878. The Balaban J connectivity index is 2.86. The highest BCUT2D eigenvalue weighted by atomic mass is 35.5. The van der Waals surface area contributed by atoms with Gasteiger partial charge in [-0.1, -0.05) is 18.5 Å². The molecule has 0 amide bonds. The number of anilines is 1. The third-order valence-corrected chi connectivity index (χ3v) is 2.93. The molecule has 0 fully saturated rings. The topological polar surface area (TPSA) is 40.5 Å². The van der Waals surface area contributed by atoms with Crippen LogP contribution in [-0.2, 0) is 4.79 Å². The maximum Gasteiger partial charge on any atom is 0.308 e. The van der Waals surface area contributed by atoms with Gasteiger partial charge in [-0.15, -0.1) is 0 Å². The van der Waals surface area contributed by atoms with Gasteiger partial charge in [-0.3, -0.25) is 4.79 Å². The SMILES string of the molecule is CC(CN(c1ccc(Cl)cc1)C(C)C)C(=O)O. The predicted octanol–water partition coefficient (Wildman–Crippen LogP) is 3.28. The average molecular weight is 256 g/mol. The Bertz CT molecular complexity index is 376. The zero-order valence-corrected chi connectivity index (χ0v) is 11.1. The summed E-state index contributed by atoms with van der Waals surface area (Å²) in [5.41, 5.74) is 0.998. The van der Waals surface area contributed by atoms with Crippen LogP contribution in [0.25, 0.3) is 0 Å². The third-order valence-electron chi connectivity index (χ3n) is 2.67. The molecule has 0 saturated carbocycles. The van der Waals surface area contributed by atoms with Crippen LogP contribution in [0.15, 0.2) is 24.3 Å². The fourth-order valence-electron chi connectivity index (χ4n) is 1.62. The molecule has 0 bridgehead atoms. The minimum atomic E-state index is -0.774. The molecule has 0 aliphatic heterocycles. The minimum absolute atomic E-state index is 0.248. The van der Waals surface area contributed by atoms with Gasteiger partial charge in [-0.05, 0) is 38.1 Å². The van der Waals surface area contributed by atoms with Crippen molar-refractivity contribution in [1.82, 2.24) is 0 Å². The van der Waals surface area contributed by atoms with Crippen LogP contribution in [0.1, 0.15) is 20.8 Å². The number of halogens is 1. The zero-order chi connectivity index (χ0) is 13.0. The second-order valence-corrected chi connectivity index (χ2v) is 4.90. The Hall–Kier alpha value is -1.22. The lowest BCUT2D eigenvalue weighted by atomic mass is 10.1. The Morgan fingerprint density at radius 3 is 2.24 bits per heavy atom. The Morgan fingerprint density at radius 1 is 1.29 bits per heavy atom. The van der Waals surface area contributed by atoms with E-state index in [1.807, 2.05) is 38.1 Å². The fourth-order valence-corrected chi connectivity index (χ4v) is 1.75. The Morgan fingerprint density at radius 2 is 1.82 bits per heavy atom. The summed E-state index contributed by atoms with van der Waals surface area (Å²) in [6.07, 6.45) is 0. The lowest BCUT2D eigenvalue weighted by molar-refractivity contribution is -0.140. The molecule has 0 radical (unpaired) electrons. The van der Waals surface area contributed by atoms with E-state index in [2.05, 4.69) is 4.90 Å². The van der Waals surface area contributed by atoms with Crippen LogP contribution in [0.4, 0.5) is 5.69 Å². The van der Waals surface area contributed by atoms with Crippen LogP contribution in [0.2, 0.25) is 5.02 Å². The Labute approximate surface area is 107 Å². The first-order valence-corrected chi connectivity index (χ1v) is 6.04. The largest absolute Gasteiger partial charge is 0.481 e. The molecule has 17 heavy (non-hydrogen) atoms. The monoisotopic (exact) mass is 255 g/mol. The van der Waals surface area contributed by atoms with E-state index in [0.717, 1.165) is 5.69 Å². The highest BCUT2D eigenvalue weighted by molar-refractivity contribution is 6.30. The molecular weight excluding hydrogens is 238 g/mol. The van der Waals surface area contributed by atoms with Gasteiger partial charge in [0.15, 0.2) is 0 Å². The van der Waals surface area contributed by atoms with Crippen LogP contribution < -0.4 is 4.90 Å². The van der Waals surface area contributed by atoms with Crippen molar-refractivity contribution in [3.05, 3.63) is 29.3 Å². The molecule has 1 atom stereocenters. The summed E-state index contributed by atoms with van der Waals surface area (Å²) in [6, 6.07) is 7.71. The van der Waals surface area contributed by atoms with Crippen molar-refractivity contribution in [2.75, 3.05) is 11.4 Å². The molecule has 4 heteroatoms. The predicted molar refractivity (Wildman–Crippen MR) is 70.7 cm³/mol. The summed E-state index contributed by atoms with van der Waals surface area (Å²) in [4.78, 5) is 13.0. The van der Waals surface area contributed by atoms with Gasteiger partial charge in [0.1, 0.15) is 0 Å². The minimum Gasteiger partial charge on any atom is -0.481 e. The second-order valence-electron chi connectivity index (χ2n) is 4.46. The maximum absolute atomic E-state index is 10.9. The summed E-state index contributed by atoms with van der Waals surface area (Å²) in [6.45, 7) is 6.30. The molecule has 1 rings (SSSR count). The number of benzene rings is 1. The molecule has 3 nitrogen and oxygen atoms in total. The van der Waals surface area contributed by atoms with E-state index in [-0.39, 0.29) is 6.04 Å². The first-order chi connectivity index (χ1) is 7.91. The van der Waals surface area contributed by atoms with Crippen molar-refractivity contribution in [2.45, 2.75) is 26.8 Å². The molecule has 1 N–H and O–H groups in total. The number of carbonyl (C=O) groups is 1. The van der Waals surface area contributed by atoms with Crippen LogP contribution in [0.3, 0.4) is 0 Å².